The average molecular weight is 180 g/mol. The SMILES string of the molecule is CC(C)=CCNc1nn(C)cc1N. The Hall–Kier alpha value is -1.45. The van der Waals surface area contributed by atoms with Crippen molar-refractivity contribution in [3.63, 3.8) is 0 Å². The third-order valence-electron chi connectivity index (χ3n) is 1.64. The fourth-order valence-electron chi connectivity index (χ4n) is 0.996. The van der Waals surface area contributed by atoms with Crippen molar-refractivity contribution in [1.29, 1.82) is 0 Å². The highest BCUT2D eigenvalue weighted by molar-refractivity contribution is 5.59. The molecule has 0 aliphatic carbocycles. The molecule has 72 valence electrons. The molecule has 0 saturated carbocycles. The van der Waals surface area contributed by atoms with Crippen LogP contribution in [0.3, 0.4) is 0 Å². The Morgan fingerprint density at radius 2 is 2.38 bits per heavy atom. The van der Waals surface area contributed by atoms with Gasteiger partial charge in [0, 0.05) is 19.8 Å². The van der Waals surface area contributed by atoms with Crippen molar-refractivity contribution in [3.8, 4) is 0 Å². The number of nitrogens with zero attached hydrogens (tertiary/aromatic N) is 2. The monoisotopic (exact) mass is 180 g/mol. The minimum Gasteiger partial charge on any atom is -0.394 e. The third kappa shape index (κ3) is 2.82. The fourth-order valence-corrected chi connectivity index (χ4v) is 0.996. The van der Waals surface area contributed by atoms with Gasteiger partial charge in [0.15, 0.2) is 5.82 Å². The van der Waals surface area contributed by atoms with E-state index in [1.165, 1.54) is 5.57 Å². The Kier molecular flexibility index (Phi) is 2.95. The molecule has 4 heteroatoms. The zero-order valence-corrected chi connectivity index (χ0v) is 8.33. The summed E-state index contributed by atoms with van der Waals surface area (Å²) in [7, 11) is 1.85. The zero-order chi connectivity index (χ0) is 9.84. The molecule has 0 saturated heterocycles. The van der Waals surface area contributed by atoms with Crippen LogP contribution in [0.5, 0.6) is 0 Å². The molecular weight excluding hydrogens is 164 g/mol. The standard InChI is InChI=1S/C9H16N4/c1-7(2)4-5-11-9-8(10)6-13(3)12-9/h4,6H,5,10H2,1-3H3,(H,11,12). The molecule has 1 heterocycles. The highest BCUT2D eigenvalue weighted by Crippen LogP contribution is 2.13. The maximum Gasteiger partial charge on any atom is 0.171 e. The summed E-state index contributed by atoms with van der Waals surface area (Å²) < 4.78 is 1.69. The van der Waals surface area contributed by atoms with Gasteiger partial charge in [0.1, 0.15) is 0 Å². The number of rotatable bonds is 3. The lowest BCUT2D eigenvalue weighted by atomic mass is 10.3. The predicted octanol–water partition coefficient (Wildman–Crippen LogP) is 1.38. The summed E-state index contributed by atoms with van der Waals surface area (Å²) in [5.74, 6) is 0.750. The first-order valence-electron chi connectivity index (χ1n) is 4.26. The number of nitrogen functional groups attached to an aromatic ring is 1. The van der Waals surface area contributed by atoms with Crippen molar-refractivity contribution < 1.29 is 0 Å². The van der Waals surface area contributed by atoms with Crippen LogP contribution < -0.4 is 11.1 Å². The quantitative estimate of drug-likeness (QED) is 0.691. The molecule has 13 heavy (non-hydrogen) atoms. The lowest BCUT2D eigenvalue weighted by Gasteiger charge is -1.99. The summed E-state index contributed by atoms with van der Waals surface area (Å²) in [6.07, 6.45) is 3.87. The number of allylic oxidation sites excluding steroid dienone is 1. The molecule has 0 aliphatic heterocycles. The van der Waals surface area contributed by atoms with Gasteiger partial charge in [0.05, 0.1) is 5.69 Å². The first-order valence-corrected chi connectivity index (χ1v) is 4.26. The van der Waals surface area contributed by atoms with Gasteiger partial charge in [-0.25, -0.2) is 0 Å². The second-order valence-electron chi connectivity index (χ2n) is 3.27. The number of hydrogen-bond acceptors (Lipinski definition) is 3. The van der Waals surface area contributed by atoms with Gasteiger partial charge in [-0.15, -0.1) is 0 Å². The summed E-state index contributed by atoms with van der Waals surface area (Å²) in [5.41, 5.74) is 7.66. The molecule has 0 radical (unpaired) electrons. The maximum absolute atomic E-state index is 5.69. The van der Waals surface area contributed by atoms with Crippen molar-refractivity contribution in [3.05, 3.63) is 17.8 Å². The Labute approximate surface area is 78.4 Å². The first kappa shape index (κ1) is 9.64. The minimum atomic E-state index is 0.685. The van der Waals surface area contributed by atoms with Crippen LogP contribution in [0.2, 0.25) is 0 Å². The van der Waals surface area contributed by atoms with Crippen LogP contribution in [-0.2, 0) is 7.05 Å². The van der Waals surface area contributed by atoms with Crippen LogP contribution in [0.1, 0.15) is 13.8 Å². The Morgan fingerprint density at radius 1 is 1.69 bits per heavy atom. The van der Waals surface area contributed by atoms with Gasteiger partial charge in [0.2, 0.25) is 0 Å². The molecule has 0 aromatic carbocycles. The van der Waals surface area contributed by atoms with E-state index in [1.807, 2.05) is 7.05 Å². The third-order valence-corrected chi connectivity index (χ3v) is 1.64. The zero-order valence-electron chi connectivity index (χ0n) is 8.33. The van der Waals surface area contributed by atoms with Crippen molar-refractivity contribution >= 4 is 11.5 Å². The van der Waals surface area contributed by atoms with Crippen LogP contribution in [0.15, 0.2) is 17.8 Å². The van der Waals surface area contributed by atoms with E-state index >= 15 is 0 Å². The molecule has 0 atom stereocenters. The molecule has 0 spiro atoms. The molecule has 0 bridgehead atoms. The van der Waals surface area contributed by atoms with E-state index in [0.717, 1.165) is 12.4 Å². The van der Waals surface area contributed by atoms with E-state index in [4.69, 9.17) is 5.73 Å². The Balaban J connectivity index is 2.54. The number of nitrogens with two attached hydrogens (primary N) is 1. The molecule has 1 aromatic rings. The lowest BCUT2D eigenvalue weighted by molar-refractivity contribution is 0.770. The van der Waals surface area contributed by atoms with Crippen molar-refractivity contribution in [1.82, 2.24) is 9.78 Å². The van der Waals surface area contributed by atoms with Crippen LogP contribution in [0.25, 0.3) is 0 Å². The van der Waals surface area contributed by atoms with Crippen molar-refractivity contribution in [2.24, 2.45) is 7.05 Å². The molecule has 0 aliphatic rings. The van der Waals surface area contributed by atoms with E-state index in [9.17, 15) is 0 Å². The fraction of sp³-hybridized carbons (Fsp3) is 0.444. The maximum atomic E-state index is 5.69. The van der Waals surface area contributed by atoms with Gasteiger partial charge < -0.3 is 11.1 Å². The average Bonchev–Trinajstić information content (AvgIpc) is 2.29. The van der Waals surface area contributed by atoms with Gasteiger partial charge in [0.25, 0.3) is 0 Å². The van der Waals surface area contributed by atoms with Gasteiger partial charge in [-0.2, -0.15) is 5.10 Å². The van der Waals surface area contributed by atoms with E-state index in [0.29, 0.717) is 5.69 Å². The second kappa shape index (κ2) is 3.98. The van der Waals surface area contributed by atoms with Crippen LogP contribution in [0.4, 0.5) is 11.5 Å². The van der Waals surface area contributed by atoms with Crippen LogP contribution in [0, 0.1) is 0 Å². The van der Waals surface area contributed by atoms with Crippen LogP contribution >= 0.6 is 0 Å². The number of aromatic nitrogens is 2. The van der Waals surface area contributed by atoms with E-state index in [-0.39, 0.29) is 0 Å². The van der Waals surface area contributed by atoms with Gasteiger partial charge in [-0.1, -0.05) is 11.6 Å². The van der Waals surface area contributed by atoms with Crippen molar-refractivity contribution in [2.75, 3.05) is 17.6 Å². The molecule has 0 amide bonds. The molecule has 1 aromatic heterocycles. The summed E-state index contributed by atoms with van der Waals surface area (Å²) >= 11 is 0. The van der Waals surface area contributed by atoms with Gasteiger partial charge in [-0.3, -0.25) is 4.68 Å². The number of aryl methyl sites for hydroxylation is 1. The smallest absolute Gasteiger partial charge is 0.171 e. The topological polar surface area (TPSA) is 55.9 Å². The summed E-state index contributed by atoms with van der Waals surface area (Å²) in [6, 6.07) is 0. The minimum absolute atomic E-state index is 0.685. The molecule has 1 rings (SSSR count). The summed E-state index contributed by atoms with van der Waals surface area (Å²) in [6.45, 7) is 4.89. The highest BCUT2D eigenvalue weighted by atomic mass is 15.3. The summed E-state index contributed by atoms with van der Waals surface area (Å²) in [5, 5.41) is 7.29. The largest absolute Gasteiger partial charge is 0.394 e. The van der Waals surface area contributed by atoms with E-state index in [2.05, 4.69) is 30.3 Å². The van der Waals surface area contributed by atoms with Gasteiger partial charge in [-0.05, 0) is 13.8 Å². The second-order valence-corrected chi connectivity index (χ2v) is 3.27. The molecular formula is C9H16N4. The lowest BCUT2D eigenvalue weighted by Crippen LogP contribution is -2.02. The van der Waals surface area contributed by atoms with Crippen molar-refractivity contribution in [2.45, 2.75) is 13.8 Å². The highest BCUT2D eigenvalue weighted by Gasteiger charge is 2.00. The van der Waals surface area contributed by atoms with Crippen LogP contribution in [-0.4, -0.2) is 16.3 Å². The Bertz CT molecular complexity index is 307. The molecule has 3 N–H and O–H groups in total. The van der Waals surface area contributed by atoms with E-state index in [1.54, 1.807) is 10.9 Å². The molecule has 0 fully saturated rings. The summed E-state index contributed by atoms with van der Waals surface area (Å²) in [4.78, 5) is 0. The number of nitrogens with one attached hydrogen (secondary N) is 1. The van der Waals surface area contributed by atoms with E-state index < -0.39 is 0 Å². The number of anilines is 2. The first-order chi connectivity index (χ1) is 6.09. The number of hydrogen-bond donors (Lipinski definition) is 2. The molecule has 0 unspecified atom stereocenters. The predicted molar refractivity (Wildman–Crippen MR) is 55.5 cm³/mol. The molecule has 4 nitrogen and oxygen atoms in total. The normalized spacial score (nSPS) is 9.77. The Morgan fingerprint density at radius 3 is 2.85 bits per heavy atom. The van der Waals surface area contributed by atoms with Gasteiger partial charge >= 0.3 is 0 Å².